The first-order valence-corrected chi connectivity index (χ1v) is 6.16. The highest BCUT2D eigenvalue weighted by atomic mass is 16.5. The van der Waals surface area contributed by atoms with Gasteiger partial charge >= 0.3 is 12.0 Å². The first-order valence-electron chi connectivity index (χ1n) is 6.16. The number of amides is 1. The van der Waals surface area contributed by atoms with Gasteiger partial charge in [0.1, 0.15) is 6.33 Å². The monoisotopic (exact) mass is 251 g/mol. The van der Waals surface area contributed by atoms with Gasteiger partial charge in [0.15, 0.2) is 0 Å². The summed E-state index contributed by atoms with van der Waals surface area (Å²) in [7, 11) is 0. The summed E-state index contributed by atoms with van der Waals surface area (Å²) in [6, 6.07) is -0.138. The average molecular weight is 251 g/mol. The summed E-state index contributed by atoms with van der Waals surface area (Å²) < 4.78 is 6.43. The third-order valence-corrected chi connectivity index (χ3v) is 3.04. The predicted octanol–water partition coefficient (Wildman–Crippen LogP) is 1.13. The SMILES string of the molecule is CCOC(=O)C1CCCN(C(=O)n2ccnc2)C1. The Balaban J connectivity index is 1.98. The molecule has 98 valence electrons. The highest BCUT2D eigenvalue weighted by Gasteiger charge is 2.29. The molecule has 1 fully saturated rings. The molecule has 0 radical (unpaired) electrons. The minimum Gasteiger partial charge on any atom is -0.466 e. The van der Waals surface area contributed by atoms with Gasteiger partial charge in [-0.2, -0.15) is 0 Å². The number of nitrogens with zero attached hydrogens (tertiary/aromatic N) is 3. The van der Waals surface area contributed by atoms with Crippen LogP contribution in [0.5, 0.6) is 0 Å². The molecule has 6 heteroatoms. The van der Waals surface area contributed by atoms with E-state index in [1.165, 1.54) is 10.9 Å². The molecular weight excluding hydrogens is 234 g/mol. The standard InChI is InChI=1S/C12H17N3O3/c1-2-18-11(16)10-4-3-6-14(8-10)12(17)15-7-5-13-9-15/h5,7,9-10H,2-4,6,8H2,1H3. The largest absolute Gasteiger partial charge is 0.466 e. The Morgan fingerprint density at radius 1 is 1.50 bits per heavy atom. The molecule has 18 heavy (non-hydrogen) atoms. The van der Waals surface area contributed by atoms with Crippen LogP contribution in [0.2, 0.25) is 0 Å². The molecule has 1 amide bonds. The van der Waals surface area contributed by atoms with Crippen LogP contribution in [-0.4, -0.2) is 46.1 Å². The number of hydrogen-bond acceptors (Lipinski definition) is 4. The van der Waals surface area contributed by atoms with Gasteiger partial charge in [-0.3, -0.25) is 9.36 Å². The van der Waals surface area contributed by atoms with Crippen molar-refractivity contribution in [1.29, 1.82) is 0 Å². The van der Waals surface area contributed by atoms with Crippen molar-refractivity contribution in [3.8, 4) is 0 Å². The van der Waals surface area contributed by atoms with E-state index >= 15 is 0 Å². The zero-order chi connectivity index (χ0) is 13.0. The van der Waals surface area contributed by atoms with E-state index in [9.17, 15) is 9.59 Å². The molecule has 1 aliphatic rings. The van der Waals surface area contributed by atoms with Crippen molar-refractivity contribution in [3.05, 3.63) is 18.7 Å². The zero-order valence-corrected chi connectivity index (χ0v) is 10.4. The van der Waals surface area contributed by atoms with Crippen LogP contribution >= 0.6 is 0 Å². The molecule has 1 aliphatic heterocycles. The van der Waals surface area contributed by atoms with Gasteiger partial charge in [0.25, 0.3) is 0 Å². The van der Waals surface area contributed by atoms with Crippen molar-refractivity contribution in [1.82, 2.24) is 14.5 Å². The van der Waals surface area contributed by atoms with Crippen molar-refractivity contribution in [3.63, 3.8) is 0 Å². The predicted molar refractivity (Wildman–Crippen MR) is 64.0 cm³/mol. The molecule has 1 aromatic heterocycles. The van der Waals surface area contributed by atoms with Gasteiger partial charge in [0.05, 0.1) is 12.5 Å². The maximum atomic E-state index is 12.1. The second-order valence-corrected chi connectivity index (χ2v) is 4.29. The number of rotatable bonds is 2. The van der Waals surface area contributed by atoms with E-state index in [2.05, 4.69) is 4.98 Å². The van der Waals surface area contributed by atoms with Gasteiger partial charge in [-0.05, 0) is 19.8 Å². The van der Waals surface area contributed by atoms with E-state index in [4.69, 9.17) is 4.74 Å². The van der Waals surface area contributed by atoms with Crippen molar-refractivity contribution >= 4 is 12.0 Å². The van der Waals surface area contributed by atoms with Crippen LogP contribution in [0.3, 0.4) is 0 Å². The molecule has 1 unspecified atom stereocenters. The lowest BCUT2D eigenvalue weighted by molar-refractivity contribution is -0.149. The molecule has 0 bridgehead atoms. The first-order chi connectivity index (χ1) is 8.72. The lowest BCUT2D eigenvalue weighted by Gasteiger charge is -2.31. The van der Waals surface area contributed by atoms with Crippen molar-refractivity contribution in [2.45, 2.75) is 19.8 Å². The van der Waals surface area contributed by atoms with E-state index in [0.717, 1.165) is 12.8 Å². The molecule has 0 aliphatic carbocycles. The first kappa shape index (κ1) is 12.6. The molecule has 1 aromatic rings. The summed E-state index contributed by atoms with van der Waals surface area (Å²) in [6.07, 6.45) is 6.24. The second kappa shape index (κ2) is 5.66. The Morgan fingerprint density at radius 2 is 2.33 bits per heavy atom. The summed E-state index contributed by atoms with van der Waals surface area (Å²) in [5, 5.41) is 0. The minimum absolute atomic E-state index is 0.138. The molecule has 1 saturated heterocycles. The van der Waals surface area contributed by atoms with Gasteiger partial charge in [-0.25, -0.2) is 9.78 Å². The normalized spacial score (nSPS) is 19.6. The maximum absolute atomic E-state index is 12.1. The highest BCUT2D eigenvalue weighted by molar-refractivity contribution is 5.78. The number of carbonyl (C=O) groups is 2. The molecule has 2 rings (SSSR count). The van der Waals surface area contributed by atoms with Crippen LogP contribution in [0.1, 0.15) is 19.8 Å². The van der Waals surface area contributed by atoms with Crippen LogP contribution in [0.25, 0.3) is 0 Å². The number of esters is 1. The van der Waals surface area contributed by atoms with E-state index < -0.39 is 0 Å². The van der Waals surface area contributed by atoms with Gasteiger partial charge in [0.2, 0.25) is 0 Å². The minimum atomic E-state index is -0.208. The van der Waals surface area contributed by atoms with E-state index in [1.54, 1.807) is 24.2 Å². The number of imidazole rings is 1. The summed E-state index contributed by atoms with van der Waals surface area (Å²) in [4.78, 5) is 29.3. The molecule has 0 N–H and O–H groups in total. The molecule has 6 nitrogen and oxygen atoms in total. The highest BCUT2D eigenvalue weighted by Crippen LogP contribution is 2.18. The Kier molecular flexibility index (Phi) is 3.96. The topological polar surface area (TPSA) is 64.4 Å². The molecule has 0 aromatic carbocycles. The smallest absolute Gasteiger partial charge is 0.329 e. The summed E-state index contributed by atoms with van der Waals surface area (Å²) in [5.74, 6) is -0.410. The van der Waals surface area contributed by atoms with Gasteiger partial charge in [-0.15, -0.1) is 0 Å². The fourth-order valence-electron chi connectivity index (χ4n) is 2.14. The van der Waals surface area contributed by atoms with Crippen LogP contribution in [0.4, 0.5) is 4.79 Å². The van der Waals surface area contributed by atoms with Gasteiger partial charge in [-0.1, -0.05) is 0 Å². The molecular formula is C12H17N3O3. The van der Waals surface area contributed by atoms with Gasteiger partial charge < -0.3 is 9.64 Å². The Labute approximate surface area is 106 Å². The average Bonchev–Trinajstić information content (AvgIpc) is 2.92. The van der Waals surface area contributed by atoms with Gasteiger partial charge in [0, 0.05) is 25.5 Å². The molecule has 2 heterocycles. The number of hydrogen-bond donors (Lipinski definition) is 0. The fourth-order valence-corrected chi connectivity index (χ4v) is 2.14. The lowest BCUT2D eigenvalue weighted by Crippen LogP contribution is -2.44. The summed E-state index contributed by atoms with van der Waals surface area (Å²) >= 11 is 0. The maximum Gasteiger partial charge on any atom is 0.329 e. The van der Waals surface area contributed by atoms with E-state index in [1.807, 2.05) is 0 Å². The molecule has 0 spiro atoms. The number of likely N-dealkylation sites (tertiary alicyclic amines) is 1. The number of carbonyl (C=O) groups excluding carboxylic acids is 2. The number of piperidine rings is 1. The molecule has 0 saturated carbocycles. The second-order valence-electron chi connectivity index (χ2n) is 4.29. The molecule has 1 atom stereocenters. The lowest BCUT2D eigenvalue weighted by atomic mass is 9.98. The van der Waals surface area contributed by atoms with E-state index in [-0.39, 0.29) is 17.9 Å². The third-order valence-electron chi connectivity index (χ3n) is 3.04. The summed E-state index contributed by atoms with van der Waals surface area (Å²) in [5.41, 5.74) is 0. The number of ether oxygens (including phenoxy) is 1. The Bertz CT molecular complexity index is 416. The Hall–Kier alpha value is -1.85. The van der Waals surface area contributed by atoms with Crippen LogP contribution in [0.15, 0.2) is 18.7 Å². The van der Waals surface area contributed by atoms with Crippen LogP contribution in [-0.2, 0) is 9.53 Å². The van der Waals surface area contributed by atoms with Crippen molar-refractivity contribution in [2.75, 3.05) is 19.7 Å². The number of aromatic nitrogens is 2. The van der Waals surface area contributed by atoms with Crippen molar-refractivity contribution in [2.24, 2.45) is 5.92 Å². The zero-order valence-electron chi connectivity index (χ0n) is 10.4. The van der Waals surface area contributed by atoms with Crippen LogP contribution in [0, 0.1) is 5.92 Å². The fraction of sp³-hybridized carbons (Fsp3) is 0.583. The summed E-state index contributed by atoms with van der Waals surface area (Å²) in [6.45, 7) is 3.27. The quantitative estimate of drug-likeness (QED) is 0.739. The third kappa shape index (κ3) is 2.69. The van der Waals surface area contributed by atoms with Crippen LogP contribution < -0.4 is 0 Å². The van der Waals surface area contributed by atoms with Crippen molar-refractivity contribution < 1.29 is 14.3 Å². The Morgan fingerprint density at radius 3 is 3.00 bits per heavy atom. The van der Waals surface area contributed by atoms with E-state index in [0.29, 0.717) is 19.7 Å².